The number of nitrogens with zero attached hydrogens (tertiary/aromatic N) is 1. The van der Waals surface area contributed by atoms with Gasteiger partial charge < -0.3 is 9.64 Å². The summed E-state index contributed by atoms with van der Waals surface area (Å²) in [6.45, 7) is 1.97. The Labute approximate surface area is 116 Å². The third-order valence-electron chi connectivity index (χ3n) is 2.70. The van der Waals surface area contributed by atoms with Crippen LogP contribution in [0.25, 0.3) is 0 Å². The fourth-order valence-corrected chi connectivity index (χ4v) is 1.63. The van der Waals surface area contributed by atoms with Crippen LogP contribution in [-0.4, -0.2) is 30.4 Å². The van der Waals surface area contributed by atoms with E-state index in [1.807, 2.05) is 0 Å². The molecular formula is C14H17F2NO3. The molecule has 0 saturated heterocycles. The van der Waals surface area contributed by atoms with Crippen LogP contribution in [0, 0.1) is 11.6 Å². The molecule has 0 N–H and O–H groups in total. The van der Waals surface area contributed by atoms with Gasteiger partial charge in [0.1, 0.15) is 11.6 Å². The summed E-state index contributed by atoms with van der Waals surface area (Å²) >= 11 is 0. The van der Waals surface area contributed by atoms with Crippen molar-refractivity contribution < 1.29 is 23.1 Å². The molecule has 1 aromatic rings. The van der Waals surface area contributed by atoms with Crippen molar-refractivity contribution in [3.8, 4) is 0 Å². The lowest BCUT2D eigenvalue weighted by Gasteiger charge is -2.17. The van der Waals surface area contributed by atoms with Gasteiger partial charge in [0.2, 0.25) is 5.91 Å². The minimum atomic E-state index is -0.699. The SMILES string of the molecule is CCOC(=O)CCC(=O)N(C)Cc1ccc(F)cc1F. The predicted molar refractivity (Wildman–Crippen MR) is 68.7 cm³/mol. The summed E-state index contributed by atoms with van der Waals surface area (Å²) in [5.41, 5.74) is 0.221. The Morgan fingerprint density at radius 3 is 2.55 bits per heavy atom. The molecule has 0 unspecified atom stereocenters. The van der Waals surface area contributed by atoms with Crippen molar-refractivity contribution in [2.24, 2.45) is 0 Å². The maximum Gasteiger partial charge on any atom is 0.306 e. The van der Waals surface area contributed by atoms with Crippen molar-refractivity contribution in [1.82, 2.24) is 4.90 Å². The number of hydrogen-bond acceptors (Lipinski definition) is 3. The third-order valence-corrected chi connectivity index (χ3v) is 2.70. The highest BCUT2D eigenvalue weighted by atomic mass is 19.1. The van der Waals surface area contributed by atoms with E-state index in [2.05, 4.69) is 0 Å². The number of amides is 1. The Morgan fingerprint density at radius 2 is 1.95 bits per heavy atom. The summed E-state index contributed by atoms with van der Waals surface area (Å²) in [7, 11) is 1.50. The Morgan fingerprint density at radius 1 is 1.25 bits per heavy atom. The first kappa shape index (κ1) is 16.1. The van der Waals surface area contributed by atoms with Crippen LogP contribution >= 0.6 is 0 Å². The van der Waals surface area contributed by atoms with E-state index >= 15 is 0 Å². The van der Waals surface area contributed by atoms with Gasteiger partial charge in [-0.2, -0.15) is 0 Å². The minimum absolute atomic E-state index is 0.00184. The van der Waals surface area contributed by atoms with Gasteiger partial charge in [0.05, 0.1) is 13.0 Å². The number of hydrogen-bond donors (Lipinski definition) is 0. The quantitative estimate of drug-likeness (QED) is 0.753. The van der Waals surface area contributed by atoms with Crippen molar-refractivity contribution >= 4 is 11.9 Å². The highest BCUT2D eigenvalue weighted by Gasteiger charge is 2.14. The molecule has 1 rings (SSSR count). The van der Waals surface area contributed by atoms with Gasteiger partial charge in [-0.15, -0.1) is 0 Å². The van der Waals surface area contributed by atoms with Gasteiger partial charge in [-0.3, -0.25) is 9.59 Å². The molecule has 0 radical (unpaired) electrons. The highest BCUT2D eigenvalue weighted by Crippen LogP contribution is 2.12. The molecule has 0 aliphatic rings. The number of carbonyl (C=O) groups is 2. The average molecular weight is 285 g/mol. The largest absolute Gasteiger partial charge is 0.466 e. The molecule has 0 aromatic heterocycles. The van der Waals surface area contributed by atoms with E-state index in [4.69, 9.17) is 4.74 Å². The van der Waals surface area contributed by atoms with E-state index in [0.29, 0.717) is 0 Å². The van der Waals surface area contributed by atoms with E-state index in [9.17, 15) is 18.4 Å². The van der Waals surface area contributed by atoms with Crippen molar-refractivity contribution in [1.29, 1.82) is 0 Å². The lowest BCUT2D eigenvalue weighted by molar-refractivity contribution is -0.145. The molecule has 0 saturated carbocycles. The lowest BCUT2D eigenvalue weighted by atomic mass is 10.2. The first-order chi connectivity index (χ1) is 9.43. The zero-order valence-corrected chi connectivity index (χ0v) is 11.5. The Bertz CT molecular complexity index is 491. The number of rotatable bonds is 6. The molecule has 0 heterocycles. The Kier molecular flexibility index (Phi) is 6.09. The van der Waals surface area contributed by atoms with Crippen LogP contribution in [0.15, 0.2) is 18.2 Å². The molecule has 110 valence electrons. The number of ether oxygens (including phenoxy) is 1. The fourth-order valence-electron chi connectivity index (χ4n) is 1.63. The van der Waals surface area contributed by atoms with E-state index in [0.717, 1.165) is 12.1 Å². The molecule has 0 aliphatic carbocycles. The summed E-state index contributed by atoms with van der Waals surface area (Å²) in [5.74, 6) is -2.11. The number of benzene rings is 1. The predicted octanol–water partition coefficient (Wildman–Crippen LogP) is 2.27. The van der Waals surface area contributed by atoms with E-state index < -0.39 is 17.6 Å². The van der Waals surface area contributed by atoms with Crippen LogP contribution in [-0.2, 0) is 20.9 Å². The van der Waals surface area contributed by atoms with Gasteiger partial charge in [0.25, 0.3) is 0 Å². The Balaban J connectivity index is 2.51. The first-order valence-electron chi connectivity index (χ1n) is 6.27. The number of esters is 1. The van der Waals surface area contributed by atoms with Crippen LogP contribution in [0.2, 0.25) is 0 Å². The standard InChI is InChI=1S/C14H17F2NO3/c1-3-20-14(19)7-6-13(18)17(2)9-10-4-5-11(15)8-12(10)16/h4-5,8H,3,6-7,9H2,1-2H3. The van der Waals surface area contributed by atoms with E-state index in [-0.39, 0.29) is 37.5 Å². The summed E-state index contributed by atoms with van der Waals surface area (Å²) in [4.78, 5) is 24.2. The summed E-state index contributed by atoms with van der Waals surface area (Å²) < 4.78 is 30.9. The van der Waals surface area contributed by atoms with Crippen LogP contribution in [0.1, 0.15) is 25.3 Å². The molecule has 0 bridgehead atoms. The van der Waals surface area contributed by atoms with Crippen molar-refractivity contribution in [3.05, 3.63) is 35.4 Å². The van der Waals surface area contributed by atoms with Gasteiger partial charge in [-0.25, -0.2) is 8.78 Å². The monoisotopic (exact) mass is 285 g/mol. The van der Waals surface area contributed by atoms with Crippen molar-refractivity contribution in [3.63, 3.8) is 0 Å². The van der Waals surface area contributed by atoms with Crippen LogP contribution in [0.5, 0.6) is 0 Å². The summed E-state index contributed by atoms with van der Waals surface area (Å²) in [6.07, 6.45) is -0.0128. The molecule has 1 aromatic carbocycles. The highest BCUT2D eigenvalue weighted by molar-refractivity contribution is 5.81. The molecule has 0 aliphatic heterocycles. The van der Waals surface area contributed by atoms with E-state index in [1.165, 1.54) is 18.0 Å². The van der Waals surface area contributed by atoms with Crippen LogP contribution in [0.4, 0.5) is 8.78 Å². The third kappa shape index (κ3) is 4.95. The van der Waals surface area contributed by atoms with Gasteiger partial charge >= 0.3 is 5.97 Å². The molecule has 6 heteroatoms. The number of halogens is 2. The second-order valence-corrected chi connectivity index (χ2v) is 4.29. The molecule has 4 nitrogen and oxygen atoms in total. The lowest BCUT2D eigenvalue weighted by Crippen LogP contribution is -2.27. The second-order valence-electron chi connectivity index (χ2n) is 4.29. The van der Waals surface area contributed by atoms with Gasteiger partial charge in [-0.05, 0) is 13.0 Å². The number of carbonyl (C=O) groups excluding carboxylic acids is 2. The van der Waals surface area contributed by atoms with Crippen LogP contribution in [0.3, 0.4) is 0 Å². The molecule has 1 amide bonds. The van der Waals surface area contributed by atoms with Gasteiger partial charge in [-0.1, -0.05) is 6.07 Å². The molecular weight excluding hydrogens is 268 g/mol. The topological polar surface area (TPSA) is 46.6 Å². The first-order valence-corrected chi connectivity index (χ1v) is 6.27. The smallest absolute Gasteiger partial charge is 0.306 e. The Hall–Kier alpha value is -1.98. The van der Waals surface area contributed by atoms with Gasteiger partial charge in [0.15, 0.2) is 0 Å². The summed E-state index contributed by atoms with van der Waals surface area (Å²) in [6, 6.07) is 3.20. The summed E-state index contributed by atoms with van der Waals surface area (Å²) in [5, 5.41) is 0. The minimum Gasteiger partial charge on any atom is -0.466 e. The molecule has 0 fully saturated rings. The maximum atomic E-state index is 13.4. The van der Waals surface area contributed by atoms with Crippen molar-refractivity contribution in [2.45, 2.75) is 26.3 Å². The van der Waals surface area contributed by atoms with Crippen molar-refractivity contribution in [2.75, 3.05) is 13.7 Å². The average Bonchev–Trinajstić information content (AvgIpc) is 2.39. The van der Waals surface area contributed by atoms with E-state index in [1.54, 1.807) is 6.92 Å². The fraction of sp³-hybridized carbons (Fsp3) is 0.429. The molecule has 0 atom stereocenters. The molecule has 0 spiro atoms. The zero-order valence-electron chi connectivity index (χ0n) is 11.5. The maximum absolute atomic E-state index is 13.4. The zero-order chi connectivity index (χ0) is 15.1. The molecule has 20 heavy (non-hydrogen) atoms. The van der Waals surface area contributed by atoms with Gasteiger partial charge in [0, 0.05) is 31.6 Å². The second kappa shape index (κ2) is 7.57. The van der Waals surface area contributed by atoms with Crippen LogP contribution < -0.4 is 0 Å². The normalized spacial score (nSPS) is 10.2.